The summed E-state index contributed by atoms with van der Waals surface area (Å²) in [5.41, 5.74) is -1.49. The Morgan fingerprint density at radius 3 is 1.65 bits per heavy atom. The molecule has 2 unspecified atom stereocenters. The van der Waals surface area contributed by atoms with E-state index in [0.29, 0.717) is 15.3 Å². The van der Waals surface area contributed by atoms with Crippen molar-refractivity contribution >= 4 is 40.6 Å². The number of ether oxygens (including phenoxy) is 3. The number of hydrogen-bond donors (Lipinski definition) is 2. The second-order valence-electron chi connectivity index (χ2n) is 10.7. The van der Waals surface area contributed by atoms with Crippen molar-refractivity contribution in [3.63, 3.8) is 0 Å². The highest BCUT2D eigenvalue weighted by atomic mass is 32.1. The third kappa shape index (κ3) is 8.50. The topological polar surface area (TPSA) is 119 Å². The summed E-state index contributed by atoms with van der Waals surface area (Å²) in [5.74, 6) is -1.51. The fourth-order valence-corrected chi connectivity index (χ4v) is 7.23. The van der Waals surface area contributed by atoms with Crippen LogP contribution in [-0.2, 0) is 39.8 Å². The summed E-state index contributed by atoms with van der Waals surface area (Å²) < 4.78 is 14.2. The number of hydrogen-bond acceptors (Lipinski definition) is 10. The molecule has 246 valence electrons. The number of esters is 3. The van der Waals surface area contributed by atoms with Gasteiger partial charge in [-0.05, 0) is 53.3 Å². The lowest BCUT2D eigenvalue weighted by atomic mass is 9.80. The van der Waals surface area contributed by atoms with E-state index in [9.17, 15) is 24.6 Å². The normalized spacial score (nSPS) is 14.7. The van der Waals surface area contributed by atoms with Gasteiger partial charge in [-0.2, -0.15) is 0 Å². The Kier molecular flexibility index (Phi) is 14.1. The predicted octanol–water partition coefficient (Wildman–Crippen LogP) is 6.81. The van der Waals surface area contributed by atoms with Crippen LogP contribution in [0.3, 0.4) is 0 Å². The first kappa shape index (κ1) is 36.6. The van der Waals surface area contributed by atoms with Crippen LogP contribution in [-0.4, -0.2) is 49.5 Å². The van der Waals surface area contributed by atoms with E-state index >= 15 is 0 Å². The highest BCUT2D eigenvalue weighted by Crippen LogP contribution is 2.41. The Morgan fingerprint density at radius 2 is 1.24 bits per heavy atom. The second-order valence-corrected chi connectivity index (χ2v) is 12.6. The molecule has 46 heavy (non-hydrogen) atoms. The number of benzene rings is 2. The van der Waals surface area contributed by atoms with Crippen LogP contribution in [0.15, 0.2) is 95.7 Å². The van der Waals surface area contributed by atoms with Gasteiger partial charge in [0.15, 0.2) is 5.60 Å². The fourth-order valence-electron chi connectivity index (χ4n) is 5.52. The lowest BCUT2D eigenvalue weighted by molar-refractivity contribution is -0.170. The highest BCUT2D eigenvalue weighted by Gasteiger charge is 2.47. The molecule has 2 atom stereocenters. The zero-order valence-electron chi connectivity index (χ0n) is 26.6. The quantitative estimate of drug-likeness (QED) is 0.148. The molecule has 5 rings (SSSR count). The van der Waals surface area contributed by atoms with Crippen LogP contribution in [0, 0.1) is 5.92 Å². The van der Waals surface area contributed by atoms with Crippen LogP contribution in [0.4, 0.5) is 0 Å². The summed E-state index contributed by atoms with van der Waals surface area (Å²) in [5, 5.41) is 25.0. The number of rotatable bonds is 9. The molecule has 1 saturated carbocycles. The summed E-state index contributed by atoms with van der Waals surface area (Å²) >= 11 is 2.66. The van der Waals surface area contributed by atoms with Crippen LogP contribution in [0.1, 0.15) is 65.8 Å². The maximum absolute atomic E-state index is 11.9. The second kappa shape index (κ2) is 17.8. The predicted molar refractivity (Wildman–Crippen MR) is 179 cm³/mol. The van der Waals surface area contributed by atoms with Crippen LogP contribution in [0.25, 0.3) is 0 Å². The lowest BCUT2D eigenvalue weighted by Gasteiger charge is -2.31. The van der Waals surface area contributed by atoms with E-state index in [1.807, 2.05) is 66.2 Å². The number of carbonyl (C=O) groups is 3. The Morgan fingerprint density at radius 1 is 0.739 bits per heavy atom. The monoisotopic (exact) mass is 666 g/mol. The summed E-state index contributed by atoms with van der Waals surface area (Å²) in [6, 6.07) is 25.8. The minimum absolute atomic E-state index is 0.0302. The average Bonchev–Trinajstić information content (AvgIpc) is 3.93. The van der Waals surface area contributed by atoms with Crippen molar-refractivity contribution in [1.29, 1.82) is 0 Å². The van der Waals surface area contributed by atoms with Crippen molar-refractivity contribution in [3.8, 4) is 0 Å². The van der Waals surface area contributed by atoms with Crippen molar-refractivity contribution in [2.45, 2.75) is 56.1 Å². The molecule has 0 saturated heterocycles. The molecule has 2 aromatic heterocycles. The van der Waals surface area contributed by atoms with Gasteiger partial charge in [0, 0.05) is 5.92 Å². The van der Waals surface area contributed by atoms with E-state index in [1.54, 1.807) is 36.4 Å². The molecule has 2 heterocycles. The number of methoxy groups -OCH3 is 3. The average molecular weight is 667 g/mol. The Balaban J connectivity index is 0.000000190. The van der Waals surface area contributed by atoms with Gasteiger partial charge in [-0.15, -0.1) is 22.7 Å². The maximum Gasteiger partial charge on any atom is 0.349 e. The first-order chi connectivity index (χ1) is 22.2. The smallest absolute Gasteiger partial charge is 0.349 e. The van der Waals surface area contributed by atoms with Gasteiger partial charge in [0.25, 0.3) is 0 Å². The van der Waals surface area contributed by atoms with Crippen LogP contribution < -0.4 is 0 Å². The number of aliphatic hydroxyl groups is 2. The zero-order valence-corrected chi connectivity index (χ0v) is 28.2. The molecule has 0 radical (unpaired) electrons. The third-order valence-corrected chi connectivity index (χ3v) is 9.95. The van der Waals surface area contributed by atoms with E-state index < -0.39 is 23.1 Å². The van der Waals surface area contributed by atoms with Gasteiger partial charge in [0.05, 0.1) is 37.0 Å². The van der Waals surface area contributed by atoms with Crippen molar-refractivity contribution in [2.24, 2.45) is 5.92 Å². The number of carbonyl (C=O) groups excluding carboxylic acids is 3. The van der Waals surface area contributed by atoms with E-state index in [2.05, 4.69) is 4.74 Å². The minimum atomic E-state index is -1.67. The molecule has 1 fully saturated rings. The van der Waals surface area contributed by atoms with Crippen molar-refractivity contribution in [3.05, 3.63) is 117 Å². The first-order valence-electron chi connectivity index (χ1n) is 15.1. The lowest BCUT2D eigenvalue weighted by Crippen LogP contribution is -2.43. The summed E-state index contributed by atoms with van der Waals surface area (Å²) in [6.45, 7) is 1.98. The molecule has 0 spiro atoms. The molecule has 0 aliphatic heterocycles. The van der Waals surface area contributed by atoms with Crippen LogP contribution >= 0.6 is 22.7 Å². The van der Waals surface area contributed by atoms with Gasteiger partial charge >= 0.3 is 17.9 Å². The molecule has 0 bridgehead atoms. The molecule has 1 aliphatic carbocycles. The molecule has 1 aliphatic rings. The standard InChI is InChI=1S/C14H18O3.C11H10O3S2.C11H14O2/c1-17-13(15)14(16,12-9-5-6-10-12)11-7-3-2-4-8-11;1-14-10(12)11(13,8-4-2-6-15-8)9-5-3-7-16-9;1-3-10(11(12)13-2)9-7-5-4-6-8-9/h2-4,7-8,12,16H,5-6,9-10H2,1H3;2-7,13H,1H3;4-8,10H,3H2,1-2H3. The zero-order chi connectivity index (χ0) is 33.6. The highest BCUT2D eigenvalue weighted by molar-refractivity contribution is 7.12. The minimum Gasteiger partial charge on any atom is -0.469 e. The molecule has 2 aromatic carbocycles. The molecular formula is C36H42O8S2. The molecule has 10 heteroatoms. The van der Waals surface area contributed by atoms with Gasteiger partial charge < -0.3 is 24.4 Å². The van der Waals surface area contributed by atoms with Crippen molar-refractivity contribution in [2.75, 3.05) is 21.3 Å². The Bertz CT molecular complexity index is 1430. The largest absolute Gasteiger partial charge is 0.469 e. The number of thiophene rings is 2. The molecular weight excluding hydrogens is 625 g/mol. The summed E-state index contributed by atoms with van der Waals surface area (Å²) in [7, 11) is 4.02. The van der Waals surface area contributed by atoms with E-state index in [4.69, 9.17) is 9.47 Å². The molecule has 8 nitrogen and oxygen atoms in total. The van der Waals surface area contributed by atoms with E-state index in [0.717, 1.165) is 37.7 Å². The van der Waals surface area contributed by atoms with Crippen molar-refractivity contribution in [1.82, 2.24) is 0 Å². The van der Waals surface area contributed by atoms with Crippen LogP contribution in [0.2, 0.25) is 0 Å². The SMILES string of the molecule is CCC(C(=O)OC)c1ccccc1.COC(=O)C(O)(c1ccccc1)C1CCCC1.COC(=O)C(O)(c1cccs1)c1cccs1. The summed E-state index contributed by atoms with van der Waals surface area (Å²) in [6.07, 6.45) is 4.66. The van der Waals surface area contributed by atoms with Crippen molar-refractivity contribution < 1.29 is 38.8 Å². The maximum atomic E-state index is 11.9. The molecule has 2 N–H and O–H groups in total. The van der Waals surface area contributed by atoms with Gasteiger partial charge in [0.2, 0.25) is 5.60 Å². The van der Waals surface area contributed by atoms with E-state index in [1.165, 1.54) is 44.0 Å². The first-order valence-corrected chi connectivity index (χ1v) is 16.8. The van der Waals surface area contributed by atoms with Gasteiger partial charge in [-0.3, -0.25) is 4.79 Å². The third-order valence-electron chi connectivity index (χ3n) is 7.99. The molecule has 4 aromatic rings. The molecule has 0 amide bonds. The van der Waals surface area contributed by atoms with Gasteiger partial charge in [-0.25, -0.2) is 9.59 Å². The Labute approximate surface area is 278 Å². The summed E-state index contributed by atoms with van der Waals surface area (Å²) in [4.78, 5) is 36.2. The van der Waals surface area contributed by atoms with Crippen LogP contribution in [0.5, 0.6) is 0 Å². The van der Waals surface area contributed by atoms with Gasteiger partial charge in [-0.1, -0.05) is 92.6 Å². The van der Waals surface area contributed by atoms with E-state index in [-0.39, 0.29) is 17.8 Å². The van der Waals surface area contributed by atoms with Gasteiger partial charge in [0.1, 0.15) is 0 Å². The fraction of sp³-hybridized carbons (Fsp3) is 0.361. The Hall–Kier alpha value is -3.83.